The molecule has 1 unspecified atom stereocenters. The minimum Gasteiger partial charge on any atom is -0.364 e. The van der Waals surface area contributed by atoms with Crippen LogP contribution in [-0.2, 0) is 0 Å². The van der Waals surface area contributed by atoms with Crippen LogP contribution in [0.4, 0.5) is 11.6 Å². The number of nitrogens with one attached hydrogen (secondary N) is 1. The van der Waals surface area contributed by atoms with Crippen LogP contribution in [-0.4, -0.2) is 37.9 Å². The fourth-order valence-electron chi connectivity index (χ4n) is 3.87. The highest BCUT2D eigenvalue weighted by atomic mass is 32.1. The summed E-state index contributed by atoms with van der Waals surface area (Å²) in [5.74, 6) is 1.63. The standard InChI is InChI=1S/C16H19N7OS/c1-2-5-10(4-1)18-14-15(20-13-12(19-14)21-24-22-13)23-8-3-6-11(23)16-17-7-9-25-16/h7,9-11H,1-6,8H2,(H,18,19,21). The van der Waals surface area contributed by atoms with E-state index in [-0.39, 0.29) is 6.04 Å². The van der Waals surface area contributed by atoms with Crippen LogP contribution in [0.3, 0.4) is 0 Å². The maximum atomic E-state index is 4.83. The Morgan fingerprint density at radius 3 is 2.72 bits per heavy atom. The van der Waals surface area contributed by atoms with Crippen molar-refractivity contribution in [2.45, 2.75) is 50.6 Å². The van der Waals surface area contributed by atoms with Gasteiger partial charge in [0.2, 0.25) is 11.3 Å². The van der Waals surface area contributed by atoms with E-state index in [4.69, 9.17) is 9.61 Å². The Kier molecular flexibility index (Phi) is 3.73. The lowest BCUT2D eigenvalue weighted by molar-refractivity contribution is 0.314. The predicted octanol–water partition coefficient (Wildman–Crippen LogP) is 3.17. The Bertz CT molecular complexity index is 859. The van der Waals surface area contributed by atoms with Crippen molar-refractivity contribution in [1.29, 1.82) is 0 Å². The van der Waals surface area contributed by atoms with Crippen molar-refractivity contribution in [1.82, 2.24) is 25.3 Å². The molecule has 1 saturated heterocycles. The second-order valence-corrected chi connectivity index (χ2v) is 7.58. The topological polar surface area (TPSA) is 92.9 Å². The van der Waals surface area contributed by atoms with Crippen molar-refractivity contribution in [3.05, 3.63) is 16.6 Å². The first-order valence-corrected chi connectivity index (χ1v) is 9.69. The molecule has 3 aromatic rings. The van der Waals surface area contributed by atoms with Gasteiger partial charge in [0.05, 0.1) is 6.04 Å². The zero-order chi connectivity index (χ0) is 16.6. The molecule has 2 fully saturated rings. The van der Waals surface area contributed by atoms with Crippen molar-refractivity contribution in [2.24, 2.45) is 0 Å². The van der Waals surface area contributed by atoms with Crippen molar-refractivity contribution in [3.63, 3.8) is 0 Å². The Labute approximate surface area is 148 Å². The SMILES string of the molecule is c1csc(C2CCCN2c2nc3nonc3nc2NC2CCCC2)n1. The molecule has 4 heterocycles. The molecular formula is C16H19N7OS. The molecule has 1 aliphatic carbocycles. The van der Waals surface area contributed by atoms with Crippen molar-refractivity contribution < 1.29 is 4.63 Å². The molecule has 9 heteroatoms. The number of nitrogens with zero attached hydrogens (tertiary/aromatic N) is 6. The fourth-order valence-corrected chi connectivity index (χ4v) is 4.65. The van der Waals surface area contributed by atoms with Gasteiger partial charge in [0.1, 0.15) is 5.01 Å². The fraction of sp³-hybridized carbons (Fsp3) is 0.562. The molecule has 0 spiro atoms. The van der Waals surface area contributed by atoms with E-state index >= 15 is 0 Å². The molecule has 8 nitrogen and oxygen atoms in total. The molecule has 5 rings (SSSR count). The minimum atomic E-state index is 0.246. The summed E-state index contributed by atoms with van der Waals surface area (Å²) in [7, 11) is 0. The normalized spacial score (nSPS) is 21.4. The van der Waals surface area contributed by atoms with E-state index in [1.54, 1.807) is 11.3 Å². The second-order valence-electron chi connectivity index (χ2n) is 6.65. The molecule has 1 aliphatic heterocycles. The van der Waals surface area contributed by atoms with Gasteiger partial charge in [-0.25, -0.2) is 19.6 Å². The van der Waals surface area contributed by atoms with E-state index < -0.39 is 0 Å². The van der Waals surface area contributed by atoms with Gasteiger partial charge in [-0.05, 0) is 36.0 Å². The predicted molar refractivity (Wildman–Crippen MR) is 94.7 cm³/mol. The third-order valence-electron chi connectivity index (χ3n) is 5.05. The molecule has 0 bridgehead atoms. The van der Waals surface area contributed by atoms with Crippen LogP contribution in [0.1, 0.15) is 49.6 Å². The van der Waals surface area contributed by atoms with Crippen LogP contribution >= 0.6 is 11.3 Å². The Balaban J connectivity index is 1.55. The van der Waals surface area contributed by atoms with Gasteiger partial charge in [0, 0.05) is 24.2 Å². The van der Waals surface area contributed by atoms with Gasteiger partial charge in [-0.1, -0.05) is 12.8 Å². The molecule has 0 radical (unpaired) electrons. The first-order valence-electron chi connectivity index (χ1n) is 8.81. The highest BCUT2D eigenvalue weighted by Crippen LogP contribution is 2.39. The second kappa shape index (κ2) is 6.21. The van der Waals surface area contributed by atoms with E-state index in [0.717, 1.165) is 36.0 Å². The Morgan fingerprint density at radius 1 is 1.08 bits per heavy atom. The van der Waals surface area contributed by atoms with Crippen LogP contribution in [0.15, 0.2) is 16.2 Å². The lowest BCUT2D eigenvalue weighted by Crippen LogP contribution is -2.27. The Morgan fingerprint density at radius 2 is 1.92 bits per heavy atom. The summed E-state index contributed by atoms with van der Waals surface area (Å²) in [6.07, 6.45) is 8.93. The number of thiazole rings is 1. The van der Waals surface area contributed by atoms with Crippen molar-refractivity contribution >= 4 is 34.3 Å². The average molecular weight is 357 g/mol. The van der Waals surface area contributed by atoms with Gasteiger partial charge >= 0.3 is 0 Å². The summed E-state index contributed by atoms with van der Waals surface area (Å²) in [6, 6.07) is 0.696. The van der Waals surface area contributed by atoms with E-state index in [1.807, 2.05) is 11.6 Å². The van der Waals surface area contributed by atoms with E-state index in [0.29, 0.717) is 17.3 Å². The lowest BCUT2D eigenvalue weighted by atomic mass is 10.2. The molecule has 1 saturated carbocycles. The monoisotopic (exact) mass is 357 g/mol. The lowest BCUT2D eigenvalue weighted by Gasteiger charge is -2.26. The summed E-state index contributed by atoms with van der Waals surface area (Å²) in [6.45, 7) is 0.940. The number of anilines is 2. The third kappa shape index (κ3) is 2.72. The molecule has 0 aromatic carbocycles. The molecule has 1 N–H and O–H groups in total. The largest absolute Gasteiger partial charge is 0.364 e. The van der Waals surface area contributed by atoms with Crippen LogP contribution in [0.5, 0.6) is 0 Å². The average Bonchev–Trinajstić information content (AvgIpc) is 3.39. The summed E-state index contributed by atoms with van der Waals surface area (Å²) < 4.78 is 4.83. The maximum Gasteiger partial charge on any atom is 0.245 e. The molecule has 2 aliphatic rings. The number of hydrogen-bond donors (Lipinski definition) is 1. The number of rotatable bonds is 4. The molecule has 130 valence electrons. The van der Waals surface area contributed by atoms with Gasteiger partial charge in [-0.15, -0.1) is 11.3 Å². The first-order chi connectivity index (χ1) is 12.4. The number of aromatic nitrogens is 5. The molecule has 0 amide bonds. The van der Waals surface area contributed by atoms with Crippen molar-refractivity contribution in [3.8, 4) is 0 Å². The number of hydrogen-bond acceptors (Lipinski definition) is 9. The van der Waals surface area contributed by atoms with Crippen LogP contribution < -0.4 is 10.2 Å². The highest BCUT2D eigenvalue weighted by Gasteiger charge is 2.32. The van der Waals surface area contributed by atoms with E-state index in [2.05, 4.69) is 30.5 Å². The summed E-state index contributed by atoms with van der Waals surface area (Å²) in [4.78, 5) is 16.2. The third-order valence-corrected chi connectivity index (χ3v) is 5.93. The maximum absolute atomic E-state index is 4.83. The van der Waals surface area contributed by atoms with Crippen LogP contribution in [0.2, 0.25) is 0 Å². The summed E-state index contributed by atoms with van der Waals surface area (Å²) >= 11 is 1.69. The minimum absolute atomic E-state index is 0.246. The van der Waals surface area contributed by atoms with Gasteiger partial charge in [-0.3, -0.25) is 0 Å². The van der Waals surface area contributed by atoms with Crippen LogP contribution in [0.25, 0.3) is 11.3 Å². The number of fused-ring (bicyclic) bond motifs is 1. The molecule has 1 atom stereocenters. The Hall–Kier alpha value is -2.29. The van der Waals surface area contributed by atoms with E-state index in [1.165, 1.54) is 25.7 Å². The first kappa shape index (κ1) is 15.0. The summed E-state index contributed by atoms with van der Waals surface area (Å²) in [5.41, 5.74) is 0.908. The van der Waals surface area contributed by atoms with Gasteiger partial charge in [0.25, 0.3) is 0 Å². The van der Waals surface area contributed by atoms with Gasteiger partial charge in [-0.2, -0.15) is 0 Å². The molecule has 3 aromatic heterocycles. The van der Waals surface area contributed by atoms with Crippen LogP contribution in [0, 0.1) is 0 Å². The molecular weight excluding hydrogens is 338 g/mol. The zero-order valence-electron chi connectivity index (χ0n) is 13.8. The zero-order valence-corrected chi connectivity index (χ0v) is 14.6. The van der Waals surface area contributed by atoms with Crippen molar-refractivity contribution in [2.75, 3.05) is 16.8 Å². The van der Waals surface area contributed by atoms with E-state index in [9.17, 15) is 0 Å². The summed E-state index contributed by atoms with van der Waals surface area (Å²) in [5, 5.41) is 14.5. The smallest absolute Gasteiger partial charge is 0.245 e. The molecule has 25 heavy (non-hydrogen) atoms. The van der Waals surface area contributed by atoms with Gasteiger partial charge < -0.3 is 10.2 Å². The quantitative estimate of drug-likeness (QED) is 0.761. The van der Waals surface area contributed by atoms with Gasteiger partial charge in [0.15, 0.2) is 11.6 Å². The highest BCUT2D eigenvalue weighted by molar-refractivity contribution is 7.09.